The maximum absolute atomic E-state index is 13.0. The Morgan fingerprint density at radius 1 is 0.882 bits per heavy atom. The van der Waals surface area contributed by atoms with Gasteiger partial charge in [-0.25, -0.2) is 9.59 Å². The van der Waals surface area contributed by atoms with Gasteiger partial charge in [0.25, 0.3) is 0 Å². The number of esters is 3. The second kappa shape index (κ2) is 19.7. The molecule has 0 bridgehead atoms. The van der Waals surface area contributed by atoms with E-state index in [4.69, 9.17) is 33.2 Å². The fourth-order valence-electron chi connectivity index (χ4n) is 5.70. The molecule has 0 amide bonds. The molecule has 2 fully saturated rings. The number of hydrogen-bond donors (Lipinski definition) is 8. The van der Waals surface area contributed by atoms with Gasteiger partial charge in [-0.3, -0.25) is 4.79 Å². The van der Waals surface area contributed by atoms with Crippen molar-refractivity contribution in [2.75, 3.05) is 26.9 Å². The van der Waals surface area contributed by atoms with Gasteiger partial charge in [0.1, 0.15) is 48.8 Å². The Morgan fingerprint density at radius 2 is 1.47 bits per heavy atom. The van der Waals surface area contributed by atoms with Crippen molar-refractivity contribution < 1.29 is 88.4 Å². The van der Waals surface area contributed by atoms with Crippen molar-refractivity contribution in [3.63, 3.8) is 0 Å². The molecule has 3 aliphatic heterocycles. The number of carbonyl (C=O) groups excluding carboxylic acids is 3. The van der Waals surface area contributed by atoms with E-state index in [9.17, 15) is 55.2 Å². The van der Waals surface area contributed by atoms with Crippen LogP contribution in [0.15, 0.2) is 35.1 Å². The van der Waals surface area contributed by atoms with E-state index in [1.165, 1.54) is 6.92 Å². The first-order valence-electron chi connectivity index (χ1n) is 16.6. The largest absolute Gasteiger partial charge is 0.468 e. The van der Waals surface area contributed by atoms with Crippen molar-refractivity contribution in [1.29, 1.82) is 0 Å². The lowest BCUT2D eigenvalue weighted by molar-refractivity contribution is -0.327. The van der Waals surface area contributed by atoms with Gasteiger partial charge in [-0.1, -0.05) is 19.1 Å². The highest BCUT2D eigenvalue weighted by molar-refractivity contribution is 5.90. The molecule has 18 nitrogen and oxygen atoms in total. The molecule has 290 valence electrons. The molecule has 0 saturated carbocycles. The van der Waals surface area contributed by atoms with Crippen LogP contribution in [0.1, 0.15) is 46.5 Å². The normalized spacial score (nSPS) is 35.7. The fourth-order valence-corrected chi connectivity index (χ4v) is 5.70. The minimum atomic E-state index is -1.72. The van der Waals surface area contributed by atoms with Crippen LogP contribution in [-0.4, -0.2) is 153 Å². The molecule has 51 heavy (non-hydrogen) atoms. The summed E-state index contributed by atoms with van der Waals surface area (Å²) in [6, 6.07) is 0. The van der Waals surface area contributed by atoms with Crippen molar-refractivity contribution in [2.45, 2.75) is 114 Å². The van der Waals surface area contributed by atoms with E-state index >= 15 is 0 Å². The summed E-state index contributed by atoms with van der Waals surface area (Å²) < 4.78 is 37.3. The molecule has 18 heteroatoms. The SMILES string of the molecule is CC=C1C(OC2OC(CO)C(O)C(O)C2O)OC=C(C(=O)OC)C1CC(=O)OCCC(C)CCC=C(C)C(=O)OC1OC(CO)C(O)C(O)C1O. The molecule has 0 aromatic carbocycles. The van der Waals surface area contributed by atoms with Crippen molar-refractivity contribution in [3.05, 3.63) is 35.1 Å². The summed E-state index contributed by atoms with van der Waals surface area (Å²) >= 11 is 0. The highest BCUT2D eigenvalue weighted by Crippen LogP contribution is 2.36. The number of aliphatic hydroxyl groups excluding tert-OH is 8. The Morgan fingerprint density at radius 3 is 2.04 bits per heavy atom. The van der Waals surface area contributed by atoms with Gasteiger partial charge in [-0.2, -0.15) is 0 Å². The third kappa shape index (κ3) is 10.8. The van der Waals surface area contributed by atoms with Gasteiger partial charge in [-0.15, -0.1) is 0 Å². The fraction of sp³-hybridized carbons (Fsp3) is 0.727. The predicted octanol–water partition coefficient (Wildman–Crippen LogP) is -2.19. The molecule has 0 aromatic rings. The van der Waals surface area contributed by atoms with Gasteiger partial charge in [0.05, 0.1) is 45.2 Å². The number of rotatable bonds is 15. The van der Waals surface area contributed by atoms with Crippen LogP contribution in [0.2, 0.25) is 0 Å². The molecule has 3 heterocycles. The van der Waals surface area contributed by atoms with Gasteiger partial charge in [-0.05, 0) is 39.0 Å². The molecular weight excluding hydrogens is 684 g/mol. The standard InChI is InChI=1S/C33H50O18/c1-5-17-18(19(30(44)45-4)14-47-31(17)51-33-28(42)26(40)24(38)21(13-35)49-33)11-22(36)46-10-9-15(2)7-6-8-16(3)29(43)50-32-27(41)25(39)23(37)20(12-34)48-32/h5,8,14-15,18,20-21,23-28,31-35,37-42H,6-7,9-13H2,1-4H3. The van der Waals surface area contributed by atoms with Crippen molar-refractivity contribution in [1.82, 2.24) is 0 Å². The van der Waals surface area contributed by atoms with E-state index in [1.807, 2.05) is 6.92 Å². The highest BCUT2D eigenvalue weighted by atomic mass is 16.8. The molecule has 8 N–H and O–H groups in total. The van der Waals surface area contributed by atoms with E-state index in [-0.39, 0.29) is 35.7 Å². The topological polar surface area (TPSA) is 278 Å². The molecule has 0 aliphatic carbocycles. The van der Waals surface area contributed by atoms with E-state index in [1.54, 1.807) is 19.1 Å². The third-order valence-electron chi connectivity index (χ3n) is 8.98. The minimum Gasteiger partial charge on any atom is -0.468 e. The summed E-state index contributed by atoms with van der Waals surface area (Å²) in [6.45, 7) is 3.71. The van der Waals surface area contributed by atoms with E-state index in [0.29, 0.717) is 19.3 Å². The second-order valence-electron chi connectivity index (χ2n) is 12.6. The first-order chi connectivity index (χ1) is 24.2. The number of hydrogen-bond acceptors (Lipinski definition) is 18. The number of methoxy groups -OCH3 is 1. The van der Waals surface area contributed by atoms with E-state index in [2.05, 4.69) is 0 Å². The molecular formula is C33H50O18. The average molecular weight is 735 g/mol. The van der Waals surface area contributed by atoms with Gasteiger partial charge in [0, 0.05) is 17.1 Å². The molecule has 3 aliphatic rings. The summed E-state index contributed by atoms with van der Waals surface area (Å²) in [7, 11) is 1.16. The lowest BCUT2D eigenvalue weighted by Crippen LogP contribution is -2.60. The lowest BCUT2D eigenvalue weighted by atomic mass is 9.86. The molecule has 13 unspecified atom stereocenters. The summed E-state index contributed by atoms with van der Waals surface area (Å²) in [5, 5.41) is 79.2. The predicted molar refractivity (Wildman–Crippen MR) is 169 cm³/mol. The second-order valence-corrected chi connectivity index (χ2v) is 12.6. The maximum Gasteiger partial charge on any atom is 0.337 e. The van der Waals surface area contributed by atoms with Crippen molar-refractivity contribution >= 4 is 17.9 Å². The summed E-state index contributed by atoms with van der Waals surface area (Å²) in [5.41, 5.74) is 0.481. The highest BCUT2D eigenvalue weighted by Gasteiger charge is 2.47. The Balaban J connectivity index is 1.51. The van der Waals surface area contributed by atoms with Crippen LogP contribution in [0.5, 0.6) is 0 Å². The Bertz CT molecular complexity index is 1260. The summed E-state index contributed by atoms with van der Waals surface area (Å²) in [6.07, 6.45) is -11.5. The number of allylic oxidation sites excluding steroid dienone is 2. The maximum atomic E-state index is 13.0. The number of aliphatic hydroxyl groups is 8. The van der Waals surface area contributed by atoms with Crippen LogP contribution in [0, 0.1) is 11.8 Å². The zero-order chi connectivity index (χ0) is 38.0. The van der Waals surface area contributed by atoms with Gasteiger partial charge in [0.15, 0.2) is 6.29 Å². The van der Waals surface area contributed by atoms with Crippen LogP contribution in [0.4, 0.5) is 0 Å². The van der Waals surface area contributed by atoms with Gasteiger partial charge in [0.2, 0.25) is 12.6 Å². The zero-order valence-corrected chi connectivity index (χ0v) is 28.8. The van der Waals surface area contributed by atoms with Crippen LogP contribution in [0.3, 0.4) is 0 Å². The van der Waals surface area contributed by atoms with E-state index < -0.39 is 105 Å². The molecule has 0 radical (unpaired) electrons. The Kier molecular flexibility index (Phi) is 16.4. The van der Waals surface area contributed by atoms with Crippen molar-refractivity contribution in [2.24, 2.45) is 11.8 Å². The van der Waals surface area contributed by atoms with E-state index in [0.717, 1.165) is 13.4 Å². The van der Waals surface area contributed by atoms with Crippen LogP contribution in [-0.2, 0) is 47.5 Å². The first-order valence-corrected chi connectivity index (χ1v) is 16.6. The number of ether oxygens (including phenoxy) is 7. The molecule has 0 aromatic heterocycles. The Hall–Kier alpha value is -3.01. The molecule has 0 spiro atoms. The molecule has 13 atom stereocenters. The minimum absolute atomic E-state index is 0.00297. The molecule has 2 saturated heterocycles. The quantitative estimate of drug-likeness (QED) is 0.0384. The first kappa shape index (κ1) is 42.4. The lowest BCUT2D eigenvalue weighted by Gasteiger charge is -2.41. The summed E-state index contributed by atoms with van der Waals surface area (Å²) in [4.78, 5) is 38.0. The van der Waals surface area contributed by atoms with Crippen molar-refractivity contribution in [3.8, 4) is 0 Å². The number of carbonyl (C=O) groups is 3. The van der Waals surface area contributed by atoms with Gasteiger partial charge < -0.3 is 74.0 Å². The zero-order valence-electron chi connectivity index (χ0n) is 28.8. The average Bonchev–Trinajstić information content (AvgIpc) is 3.11. The van der Waals surface area contributed by atoms with Crippen LogP contribution >= 0.6 is 0 Å². The summed E-state index contributed by atoms with van der Waals surface area (Å²) in [5.74, 6) is -3.13. The van der Waals surface area contributed by atoms with Crippen LogP contribution in [0.25, 0.3) is 0 Å². The van der Waals surface area contributed by atoms with Gasteiger partial charge >= 0.3 is 17.9 Å². The monoisotopic (exact) mass is 734 g/mol. The smallest absolute Gasteiger partial charge is 0.337 e. The Labute approximate surface area is 294 Å². The molecule has 3 rings (SSSR count). The third-order valence-corrected chi connectivity index (χ3v) is 8.98. The van der Waals surface area contributed by atoms with Crippen LogP contribution < -0.4 is 0 Å².